The van der Waals surface area contributed by atoms with Gasteiger partial charge in [0, 0.05) is 14.0 Å². The summed E-state index contributed by atoms with van der Waals surface area (Å²) in [6.07, 6.45) is -5.37. The molecule has 0 radical (unpaired) electrons. The van der Waals surface area contributed by atoms with E-state index < -0.39 is 62.6 Å². The van der Waals surface area contributed by atoms with E-state index in [9.17, 15) is 14.7 Å². The summed E-state index contributed by atoms with van der Waals surface area (Å²) in [5.74, 6) is -1.20. The quantitative estimate of drug-likeness (QED) is 0.305. The number of ether oxygens (including phenoxy) is 4. The number of rotatable bonds is 9. The Kier molecular flexibility index (Phi) is 9.78. The lowest BCUT2D eigenvalue weighted by atomic mass is 9.98. The molecule has 0 spiro atoms. The van der Waals surface area contributed by atoms with Gasteiger partial charge in [0.15, 0.2) is 18.5 Å². The minimum absolute atomic E-state index is 0.325. The third-order valence-corrected chi connectivity index (χ3v) is 12.3. The van der Waals surface area contributed by atoms with Crippen LogP contribution in [0, 0.1) is 0 Å². The van der Waals surface area contributed by atoms with Gasteiger partial charge in [0.2, 0.25) is 0 Å². The van der Waals surface area contributed by atoms with Gasteiger partial charge < -0.3 is 28.5 Å². The first-order valence-electron chi connectivity index (χ1n) is 13.6. The van der Waals surface area contributed by atoms with Crippen LogP contribution in [0.2, 0.25) is 5.04 Å². The highest BCUT2D eigenvalue weighted by molar-refractivity contribution is 6.99. The van der Waals surface area contributed by atoms with Crippen LogP contribution in [-0.4, -0.2) is 69.8 Å². The Morgan fingerprint density at radius 1 is 0.805 bits per heavy atom. The Bertz CT molecular complexity index is 1240. The van der Waals surface area contributed by atoms with Gasteiger partial charge in [0.05, 0.1) is 12.2 Å². The molecule has 1 saturated heterocycles. The molecular formula is C32H38O8Si. The van der Waals surface area contributed by atoms with Crippen LogP contribution in [0.3, 0.4) is 0 Å². The summed E-state index contributed by atoms with van der Waals surface area (Å²) in [6, 6.07) is 28.4. The van der Waals surface area contributed by atoms with E-state index in [1.165, 1.54) is 14.0 Å². The number of benzene rings is 3. The molecule has 1 aliphatic heterocycles. The van der Waals surface area contributed by atoms with Crippen molar-refractivity contribution >= 4 is 30.6 Å². The van der Waals surface area contributed by atoms with Gasteiger partial charge in [-0.05, 0) is 27.5 Å². The Hall–Kier alpha value is -3.34. The first kappa shape index (κ1) is 30.6. The summed E-state index contributed by atoms with van der Waals surface area (Å²) < 4.78 is 30.8. The fourth-order valence-electron chi connectivity index (χ4n) is 5.47. The van der Waals surface area contributed by atoms with Crippen molar-refractivity contribution in [2.45, 2.75) is 63.4 Å². The molecule has 9 heteroatoms. The zero-order chi connectivity index (χ0) is 29.6. The maximum Gasteiger partial charge on any atom is 0.338 e. The summed E-state index contributed by atoms with van der Waals surface area (Å²) in [5.41, 5.74) is 0.325. The molecule has 0 bridgehead atoms. The van der Waals surface area contributed by atoms with Crippen molar-refractivity contribution < 1.29 is 38.1 Å². The highest BCUT2D eigenvalue weighted by Crippen LogP contribution is 2.40. The standard InChI is InChI=1S/C32H38O8Si/c1-22(34)37-29-28(27(26(21-33)38-31(29)36-5)39-30(35)23-15-9-6-10-16-23)40-41(32(2,3)4,24-17-11-7-12-18-24)25-19-13-8-14-20-25/h6-20,26-29,31,33H,21H2,1-5H3/t26-,27-,28+,29-,31+/m1/s1. The molecule has 1 heterocycles. The van der Waals surface area contributed by atoms with Gasteiger partial charge in [0.25, 0.3) is 8.32 Å². The smallest absolute Gasteiger partial charge is 0.338 e. The van der Waals surface area contributed by atoms with Crippen molar-refractivity contribution in [3.8, 4) is 0 Å². The number of aliphatic hydroxyl groups excluding tert-OH is 1. The molecule has 3 aromatic carbocycles. The molecule has 0 aliphatic carbocycles. The fraction of sp³-hybridized carbons (Fsp3) is 0.375. The number of aliphatic hydroxyl groups is 1. The van der Waals surface area contributed by atoms with Crippen LogP contribution in [0.5, 0.6) is 0 Å². The Labute approximate surface area is 242 Å². The Balaban J connectivity index is 1.92. The molecule has 0 saturated carbocycles. The van der Waals surface area contributed by atoms with E-state index in [-0.39, 0.29) is 0 Å². The van der Waals surface area contributed by atoms with Crippen LogP contribution < -0.4 is 10.4 Å². The first-order valence-corrected chi connectivity index (χ1v) is 15.5. The summed E-state index contributed by atoms with van der Waals surface area (Å²) in [6.45, 7) is 7.14. The molecular weight excluding hydrogens is 540 g/mol. The van der Waals surface area contributed by atoms with Gasteiger partial charge in [-0.15, -0.1) is 0 Å². The van der Waals surface area contributed by atoms with E-state index in [1.807, 2.05) is 60.7 Å². The Morgan fingerprint density at radius 2 is 1.32 bits per heavy atom. The number of methoxy groups -OCH3 is 1. The highest BCUT2D eigenvalue weighted by Gasteiger charge is 2.58. The van der Waals surface area contributed by atoms with Gasteiger partial charge in [-0.3, -0.25) is 4.79 Å². The molecule has 8 nitrogen and oxygen atoms in total. The molecule has 0 aromatic heterocycles. The van der Waals surface area contributed by atoms with E-state index in [4.69, 9.17) is 23.4 Å². The zero-order valence-corrected chi connectivity index (χ0v) is 25.1. The third kappa shape index (κ3) is 6.44. The number of hydrogen-bond donors (Lipinski definition) is 1. The lowest BCUT2D eigenvalue weighted by Crippen LogP contribution is -2.72. The van der Waals surface area contributed by atoms with E-state index in [1.54, 1.807) is 30.3 Å². The lowest BCUT2D eigenvalue weighted by molar-refractivity contribution is -0.294. The average Bonchev–Trinajstić information content (AvgIpc) is 2.97. The van der Waals surface area contributed by atoms with Crippen molar-refractivity contribution in [2.75, 3.05) is 13.7 Å². The molecule has 41 heavy (non-hydrogen) atoms. The second-order valence-electron chi connectivity index (χ2n) is 11.0. The predicted octanol–water partition coefficient (Wildman–Crippen LogP) is 3.45. The molecule has 4 rings (SSSR count). The predicted molar refractivity (Wildman–Crippen MR) is 156 cm³/mol. The van der Waals surface area contributed by atoms with Crippen LogP contribution in [0.15, 0.2) is 91.0 Å². The van der Waals surface area contributed by atoms with Crippen molar-refractivity contribution in [1.82, 2.24) is 0 Å². The normalized spacial score (nSPS) is 23.0. The molecule has 0 unspecified atom stereocenters. The van der Waals surface area contributed by atoms with Gasteiger partial charge >= 0.3 is 11.9 Å². The van der Waals surface area contributed by atoms with Crippen molar-refractivity contribution in [2.24, 2.45) is 0 Å². The van der Waals surface area contributed by atoms with Crippen molar-refractivity contribution in [3.63, 3.8) is 0 Å². The minimum atomic E-state index is -3.26. The Morgan fingerprint density at radius 3 is 1.76 bits per heavy atom. The second kappa shape index (κ2) is 13.1. The van der Waals surface area contributed by atoms with Crippen LogP contribution in [0.4, 0.5) is 0 Å². The summed E-state index contributed by atoms with van der Waals surface area (Å²) in [7, 11) is -1.84. The molecule has 1 N–H and O–H groups in total. The van der Waals surface area contributed by atoms with Gasteiger partial charge in [0.1, 0.15) is 12.2 Å². The summed E-state index contributed by atoms with van der Waals surface area (Å²) >= 11 is 0. The summed E-state index contributed by atoms with van der Waals surface area (Å²) in [4.78, 5) is 25.7. The monoisotopic (exact) mass is 578 g/mol. The van der Waals surface area contributed by atoms with Crippen molar-refractivity contribution in [3.05, 3.63) is 96.6 Å². The van der Waals surface area contributed by atoms with Gasteiger partial charge in [-0.25, -0.2) is 4.79 Å². The average molecular weight is 579 g/mol. The molecule has 0 amide bonds. The topological polar surface area (TPSA) is 101 Å². The van der Waals surface area contributed by atoms with Crippen LogP contribution in [0.1, 0.15) is 38.1 Å². The van der Waals surface area contributed by atoms with E-state index in [2.05, 4.69) is 20.8 Å². The second-order valence-corrected chi connectivity index (χ2v) is 15.3. The zero-order valence-electron chi connectivity index (χ0n) is 24.1. The highest BCUT2D eigenvalue weighted by atomic mass is 28.4. The minimum Gasteiger partial charge on any atom is -0.454 e. The van der Waals surface area contributed by atoms with E-state index in [0.717, 1.165) is 10.4 Å². The number of carbonyl (C=O) groups excluding carboxylic acids is 2. The maximum atomic E-state index is 13.4. The molecule has 5 atom stereocenters. The maximum absolute atomic E-state index is 13.4. The van der Waals surface area contributed by atoms with E-state index >= 15 is 0 Å². The van der Waals surface area contributed by atoms with Crippen molar-refractivity contribution in [1.29, 1.82) is 0 Å². The number of hydrogen-bond acceptors (Lipinski definition) is 8. The number of carbonyl (C=O) groups is 2. The van der Waals surface area contributed by atoms with Crippen LogP contribution in [0.25, 0.3) is 0 Å². The largest absolute Gasteiger partial charge is 0.454 e. The fourth-order valence-corrected chi connectivity index (χ4v) is 10.2. The number of esters is 2. The summed E-state index contributed by atoms with van der Waals surface area (Å²) in [5, 5.41) is 11.9. The SMILES string of the molecule is CO[C@H]1O[C@H](CO)[C@@H](OC(=O)c2ccccc2)[C@H](O[Si](c2ccccc2)(c2ccccc2)C(C)(C)C)[C@H]1OC(C)=O. The first-order chi connectivity index (χ1) is 19.6. The molecule has 3 aromatic rings. The molecule has 1 aliphatic rings. The molecule has 218 valence electrons. The van der Waals surface area contributed by atoms with E-state index in [0.29, 0.717) is 5.56 Å². The third-order valence-electron chi connectivity index (χ3n) is 7.29. The van der Waals surface area contributed by atoms with Crippen LogP contribution in [-0.2, 0) is 28.2 Å². The van der Waals surface area contributed by atoms with Gasteiger partial charge in [-0.2, -0.15) is 0 Å². The van der Waals surface area contributed by atoms with Gasteiger partial charge in [-0.1, -0.05) is 99.6 Å². The molecule has 1 fully saturated rings. The lowest BCUT2D eigenvalue weighted by Gasteiger charge is -2.51. The van der Waals surface area contributed by atoms with Crippen LogP contribution >= 0.6 is 0 Å².